The quantitative estimate of drug-likeness (QED) is 0.836. The molecule has 140 valence electrons. The van der Waals surface area contributed by atoms with E-state index in [0.717, 1.165) is 5.56 Å². The fourth-order valence-electron chi connectivity index (χ4n) is 3.20. The second kappa shape index (κ2) is 7.38. The normalized spacial score (nSPS) is 18.2. The van der Waals surface area contributed by atoms with Gasteiger partial charge in [-0.2, -0.15) is 4.31 Å². The molecule has 26 heavy (non-hydrogen) atoms. The number of sulfonamides is 1. The summed E-state index contributed by atoms with van der Waals surface area (Å²) in [5.41, 5.74) is 1.15. The highest BCUT2D eigenvalue weighted by molar-refractivity contribution is 7.89. The third-order valence-corrected chi connectivity index (χ3v) is 6.79. The van der Waals surface area contributed by atoms with Gasteiger partial charge in [0.15, 0.2) is 5.76 Å². The Bertz CT molecular complexity index is 906. The lowest BCUT2D eigenvalue weighted by Crippen LogP contribution is -2.45. The highest BCUT2D eigenvalue weighted by Crippen LogP contribution is 2.29. The summed E-state index contributed by atoms with van der Waals surface area (Å²) in [6.07, 6.45) is 1.10. The van der Waals surface area contributed by atoms with Crippen LogP contribution in [0.1, 0.15) is 29.9 Å². The number of carbonyl (C=O) groups is 1. The van der Waals surface area contributed by atoms with Crippen molar-refractivity contribution in [2.45, 2.75) is 44.2 Å². The Morgan fingerprint density at radius 2 is 2.19 bits per heavy atom. The number of amides is 1. The van der Waals surface area contributed by atoms with Crippen LogP contribution >= 0.6 is 11.6 Å². The number of halogens is 1. The van der Waals surface area contributed by atoms with Crippen molar-refractivity contribution in [2.24, 2.45) is 0 Å². The van der Waals surface area contributed by atoms with Crippen molar-refractivity contribution in [3.63, 3.8) is 0 Å². The molecule has 1 saturated heterocycles. The summed E-state index contributed by atoms with van der Waals surface area (Å²) in [4.78, 5) is 12.7. The Balaban J connectivity index is 1.76. The maximum atomic E-state index is 13.0. The van der Waals surface area contributed by atoms with Gasteiger partial charge in [0.2, 0.25) is 15.9 Å². The standard InChI is InChI=1S/C17H20ClN3O4S/c1-11-16(12(2)25-20-11)26(23,24)21-8-4-7-15(21)17(22)19-10-13-5-3-6-14(18)9-13/h3,5-6,9,15H,4,7-8,10H2,1-2H3,(H,19,22)/t15-/m1/s1. The Hall–Kier alpha value is -1.90. The van der Waals surface area contributed by atoms with Gasteiger partial charge in [-0.15, -0.1) is 0 Å². The van der Waals surface area contributed by atoms with Crippen molar-refractivity contribution in [3.05, 3.63) is 46.3 Å². The molecule has 0 spiro atoms. The van der Waals surface area contributed by atoms with Gasteiger partial charge in [0.05, 0.1) is 0 Å². The summed E-state index contributed by atoms with van der Waals surface area (Å²) in [7, 11) is -3.85. The van der Waals surface area contributed by atoms with Crippen molar-refractivity contribution >= 4 is 27.5 Å². The van der Waals surface area contributed by atoms with Crippen LogP contribution in [0.25, 0.3) is 0 Å². The number of benzene rings is 1. The second-order valence-corrected chi connectivity index (χ2v) is 8.54. The van der Waals surface area contributed by atoms with Crippen LogP contribution in [0.2, 0.25) is 5.02 Å². The first-order valence-corrected chi connectivity index (χ1v) is 10.1. The predicted molar refractivity (Wildman–Crippen MR) is 96.2 cm³/mol. The number of carbonyl (C=O) groups excluding carboxylic acids is 1. The zero-order chi connectivity index (χ0) is 18.9. The molecule has 0 radical (unpaired) electrons. The van der Waals surface area contributed by atoms with E-state index in [1.54, 1.807) is 32.0 Å². The Morgan fingerprint density at radius 3 is 2.85 bits per heavy atom. The van der Waals surface area contributed by atoms with E-state index in [4.69, 9.17) is 16.1 Å². The van der Waals surface area contributed by atoms with Gasteiger partial charge in [0.25, 0.3) is 0 Å². The summed E-state index contributed by atoms with van der Waals surface area (Å²) in [6, 6.07) is 6.41. The molecule has 1 amide bonds. The molecule has 0 unspecified atom stereocenters. The molecule has 7 nitrogen and oxygen atoms in total. The molecule has 2 heterocycles. The van der Waals surface area contributed by atoms with E-state index < -0.39 is 16.1 Å². The molecule has 2 aromatic rings. The molecule has 0 saturated carbocycles. The van der Waals surface area contributed by atoms with Gasteiger partial charge in [-0.05, 0) is 44.4 Å². The van der Waals surface area contributed by atoms with E-state index in [0.29, 0.717) is 30.1 Å². The Labute approximate surface area is 157 Å². The number of hydrogen-bond donors (Lipinski definition) is 1. The van der Waals surface area contributed by atoms with E-state index in [1.165, 1.54) is 4.31 Å². The van der Waals surface area contributed by atoms with Crippen LogP contribution in [0.5, 0.6) is 0 Å². The lowest BCUT2D eigenvalue weighted by molar-refractivity contribution is -0.124. The lowest BCUT2D eigenvalue weighted by atomic mass is 10.2. The number of hydrogen-bond acceptors (Lipinski definition) is 5. The zero-order valence-electron chi connectivity index (χ0n) is 14.5. The minimum atomic E-state index is -3.85. The van der Waals surface area contributed by atoms with Gasteiger partial charge >= 0.3 is 0 Å². The number of nitrogens with one attached hydrogen (secondary N) is 1. The Morgan fingerprint density at radius 1 is 1.42 bits per heavy atom. The topological polar surface area (TPSA) is 92.5 Å². The van der Waals surface area contributed by atoms with Crippen molar-refractivity contribution in [1.82, 2.24) is 14.8 Å². The summed E-state index contributed by atoms with van der Waals surface area (Å²) < 4.78 is 32.2. The summed E-state index contributed by atoms with van der Waals surface area (Å²) >= 11 is 5.94. The Kier molecular flexibility index (Phi) is 5.36. The number of aromatic nitrogens is 1. The zero-order valence-corrected chi connectivity index (χ0v) is 16.1. The molecular formula is C17H20ClN3O4S. The molecular weight excluding hydrogens is 378 g/mol. The molecule has 1 N–H and O–H groups in total. The third kappa shape index (κ3) is 3.62. The lowest BCUT2D eigenvalue weighted by Gasteiger charge is -2.23. The average molecular weight is 398 g/mol. The van der Waals surface area contributed by atoms with Gasteiger partial charge in [0.1, 0.15) is 16.6 Å². The smallest absolute Gasteiger partial charge is 0.249 e. The monoisotopic (exact) mass is 397 g/mol. The highest BCUT2D eigenvalue weighted by atomic mass is 35.5. The second-order valence-electron chi connectivity index (χ2n) is 6.27. The largest absolute Gasteiger partial charge is 0.360 e. The average Bonchev–Trinajstić information content (AvgIpc) is 3.20. The summed E-state index contributed by atoms with van der Waals surface area (Å²) in [5, 5.41) is 7.10. The van der Waals surface area contributed by atoms with E-state index in [-0.39, 0.29) is 23.1 Å². The highest BCUT2D eigenvalue weighted by Gasteiger charge is 2.41. The van der Waals surface area contributed by atoms with Gasteiger partial charge < -0.3 is 9.84 Å². The third-order valence-electron chi connectivity index (χ3n) is 4.40. The van der Waals surface area contributed by atoms with E-state index in [9.17, 15) is 13.2 Å². The van der Waals surface area contributed by atoms with E-state index in [1.807, 2.05) is 6.07 Å². The van der Waals surface area contributed by atoms with Gasteiger partial charge in [-0.25, -0.2) is 8.42 Å². The first-order valence-electron chi connectivity index (χ1n) is 8.27. The van der Waals surface area contributed by atoms with Crippen LogP contribution < -0.4 is 5.32 Å². The first kappa shape index (κ1) is 18.9. The fraction of sp³-hybridized carbons (Fsp3) is 0.412. The minimum absolute atomic E-state index is 0.0482. The molecule has 1 aromatic heterocycles. The first-order chi connectivity index (χ1) is 12.3. The maximum Gasteiger partial charge on any atom is 0.249 e. The van der Waals surface area contributed by atoms with E-state index >= 15 is 0 Å². The van der Waals surface area contributed by atoms with Gasteiger partial charge in [0, 0.05) is 18.1 Å². The summed E-state index contributed by atoms with van der Waals surface area (Å²) in [5.74, 6) is -0.0923. The number of nitrogens with zero attached hydrogens (tertiary/aromatic N) is 2. The SMILES string of the molecule is Cc1noc(C)c1S(=O)(=O)N1CCC[C@@H]1C(=O)NCc1cccc(Cl)c1. The summed E-state index contributed by atoms with van der Waals surface area (Å²) in [6.45, 7) is 3.71. The number of aryl methyl sites for hydroxylation is 2. The van der Waals surface area contributed by atoms with Crippen LogP contribution in [0.3, 0.4) is 0 Å². The molecule has 1 atom stereocenters. The molecule has 1 aromatic carbocycles. The number of rotatable bonds is 5. The predicted octanol–water partition coefficient (Wildman–Crippen LogP) is 2.41. The molecule has 9 heteroatoms. The van der Waals surface area contributed by atoms with E-state index in [2.05, 4.69) is 10.5 Å². The van der Waals surface area contributed by atoms with Gasteiger partial charge in [-0.3, -0.25) is 4.79 Å². The molecule has 0 aliphatic carbocycles. The van der Waals surface area contributed by atoms with Crippen LogP contribution in [0.15, 0.2) is 33.7 Å². The molecule has 1 fully saturated rings. The fourth-order valence-corrected chi connectivity index (χ4v) is 5.37. The van der Waals surface area contributed by atoms with Crippen molar-refractivity contribution < 1.29 is 17.7 Å². The minimum Gasteiger partial charge on any atom is -0.360 e. The molecule has 1 aliphatic rings. The van der Waals surface area contributed by atoms with Crippen LogP contribution in [-0.2, 0) is 21.4 Å². The van der Waals surface area contributed by atoms with Crippen molar-refractivity contribution in [1.29, 1.82) is 0 Å². The molecule has 0 bridgehead atoms. The van der Waals surface area contributed by atoms with Crippen LogP contribution in [-0.4, -0.2) is 36.4 Å². The van der Waals surface area contributed by atoms with Gasteiger partial charge in [-0.1, -0.05) is 28.9 Å². The molecule has 1 aliphatic heterocycles. The molecule has 3 rings (SSSR count). The van der Waals surface area contributed by atoms with Crippen LogP contribution in [0.4, 0.5) is 0 Å². The maximum absolute atomic E-state index is 13.0. The van der Waals surface area contributed by atoms with Crippen molar-refractivity contribution in [2.75, 3.05) is 6.54 Å². The van der Waals surface area contributed by atoms with Crippen LogP contribution in [0, 0.1) is 13.8 Å². The van der Waals surface area contributed by atoms with Crippen molar-refractivity contribution in [3.8, 4) is 0 Å².